The molecule has 1 amide bonds. The minimum Gasteiger partial charge on any atom is -0.353 e. The molecule has 2 rings (SSSR count). The van der Waals surface area contributed by atoms with E-state index in [4.69, 9.17) is 0 Å². The highest BCUT2D eigenvalue weighted by molar-refractivity contribution is 7.89. The largest absolute Gasteiger partial charge is 0.353 e. The lowest BCUT2D eigenvalue weighted by molar-refractivity contribution is -0.123. The molecule has 3 N–H and O–H groups in total. The maximum Gasteiger partial charge on any atom is 0.240 e. The summed E-state index contributed by atoms with van der Waals surface area (Å²) in [6.07, 6.45) is 2.98. The number of sulfonamides is 1. The normalized spacial score (nSPS) is 18.9. The van der Waals surface area contributed by atoms with Gasteiger partial charge in [0.15, 0.2) is 0 Å². The number of hydrogen-bond acceptors (Lipinski definition) is 4. The maximum absolute atomic E-state index is 12.1. The van der Waals surface area contributed by atoms with Crippen LogP contribution in [0.4, 0.5) is 0 Å². The van der Waals surface area contributed by atoms with Gasteiger partial charge in [0.25, 0.3) is 0 Å². The standard InChI is InChI=1S/C15H23N3O3S/c1-12-5-7-13(8-6-12)22(20,21)18-11-10-17-15(19)14-4-2-3-9-16-14/h5-8,14,16,18H,2-4,9-11H2,1H3,(H,17,19). The molecule has 1 heterocycles. The van der Waals surface area contributed by atoms with Crippen LogP contribution >= 0.6 is 0 Å². The van der Waals surface area contributed by atoms with Crippen molar-refractivity contribution in [1.82, 2.24) is 15.4 Å². The highest BCUT2D eigenvalue weighted by Crippen LogP contribution is 2.09. The van der Waals surface area contributed by atoms with Gasteiger partial charge in [-0.2, -0.15) is 0 Å². The predicted molar refractivity (Wildman–Crippen MR) is 85.0 cm³/mol. The third-order valence-corrected chi connectivity index (χ3v) is 5.15. The summed E-state index contributed by atoms with van der Waals surface area (Å²) in [7, 11) is -3.52. The zero-order chi connectivity index (χ0) is 16.0. The first-order chi connectivity index (χ1) is 10.5. The lowest BCUT2D eigenvalue weighted by Crippen LogP contribution is -2.48. The second-order valence-corrected chi connectivity index (χ2v) is 7.27. The molecule has 0 bridgehead atoms. The lowest BCUT2D eigenvalue weighted by Gasteiger charge is -2.22. The highest BCUT2D eigenvalue weighted by atomic mass is 32.2. The van der Waals surface area contributed by atoms with Crippen molar-refractivity contribution in [2.24, 2.45) is 0 Å². The molecular formula is C15H23N3O3S. The van der Waals surface area contributed by atoms with Crippen LogP contribution in [0.15, 0.2) is 29.2 Å². The van der Waals surface area contributed by atoms with Gasteiger partial charge in [-0.25, -0.2) is 13.1 Å². The Morgan fingerprint density at radius 2 is 1.95 bits per heavy atom. The van der Waals surface area contributed by atoms with E-state index in [-0.39, 0.29) is 29.9 Å². The van der Waals surface area contributed by atoms with Gasteiger partial charge in [0.1, 0.15) is 0 Å². The molecule has 7 heteroatoms. The van der Waals surface area contributed by atoms with Crippen molar-refractivity contribution < 1.29 is 13.2 Å². The Labute approximate surface area is 131 Å². The average molecular weight is 325 g/mol. The summed E-state index contributed by atoms with van der Waals surface area (Å²) in [5.41, 5.74) is 1.01. The highest BCUT2D eigenvalue weighted by Gasteiger charge is 2.20. The molecule has 0 saturated carbocycles. The Morgan fingerprint density at radius 3 is 2.59 bits per heavy atom. The smallest absolute Gasteiger partial charge is 0.240 e. The maximum atomic E-state index is 12.1. The average Bonchev–Trinajstić information content (AvgIpc) is 2.52. The molecule has 6 nitrogen and oxygen atoms in total. The van der Waals surface area contributed by atoms with Crippen molar-refractivity contribution in [3.8, 4) is 0 Å². The number of rotatable bonds is 6. The van der Waals surface area contributed by atoms with E-state index in [1.165, 1.54) is 0 Å². The molecule has 1 aliphatic heterocycles. The minimum absolute atomic E-state index is 0.0609. The molecule has 1 atom stereocenters. The third-order valence-electron chi connectivity index (χ3n) is 3.67. The van der Waals surface area contributed by atoms with E-state index in [0.29, 0.717) is 0 Å². The number of carbonyl (C=O) groups excluding carboxylic acids is 1. The third kappa shape index (κ3) is 4.79. The fraction of sp³-hybridized carbons (Fsp3) is 0.533. The number of aryl methyl sites for hydroxylation is 1. The number of nitrogens with one attached hydrogen (secondary N) is 3. The molecular weight excluding hydrogens is 302 g/mol. The van der Waals surface area contributed by atoms with Crippen molar-refractivity contribution in [1.29, 1.82) is 0 Å². The van der Waals surface area contributed by atoms with Crippen LogP contribution in [-0.2, 0) is 14.8 Å². The summed E-state index contributed by atoms with van der Waals surface area (Å²) in [5, 5.41) is 5.91. The Kier molecular flexibility index (Phi) is 5.93. The summed E-state index contributed by atoms with van der Waals surface area (Å²) < 4.78 is 26.6. The summed E-state index contributed by atoms with van der Waals surface area (Å²) in [4.78, 5) is 12.1. The number of benzene rings is 1. The monoisotopic (exact) mass is 325 g/mol. The fourth-order valence-electron chi connectivity index (χ4n) is 2.37. The van der Waals surface area contributed by atoms with Gasteiger partial charge in [-0.3, -0.25) is 4.79 Å². The lowest BCUT2D eigenvalue weighted by atomic mass is 10.0. The molecule has 1 saturated heterocycles. The molecule has 22 heavy (non-hydrogen) atoms. The summed E-state index contributed by atoms with van der Waals surface area (Å²) in [5.74, 6) is -0.0609. The number of amides is 1. The van der Waals surface area contributed by atoms with Gasteiger partial charge in [-0.15, -0.1) is 0 Å². The predicted octanol–water partition coefficient (Wildman–Crippen LogP) is 0.532. The van der Waals surface area contributed by atoms with Gasteiger partial charge < -0.3 is 10.6 Å². The molecule has 1 aromatic rings. The van der Waals surface area contributed by atoms with Crippen molar-refractivity contribution in [2.45, 2.75) is 37.1 Å². The summed E-state index contributed by atoms with van der Waals surface area (Å²) in [6.45, 7) is 3.22. The van der Waals surface area contributed by atoms with Gasteiger partial charge in [0.2, 0.25) is 15.9 Å². The summed E-state index contributed by atoms with van der Waals surface area (Å²) >= 11 is 0. The molecule has 1 unspecified atom stereocenters. The van der Waals surface area contributed by atoms with E-state index in [9.17, 15) is 13.2 Å². The molecule has 0 spiro atoms. The number of hydrogen-bond donors (Lipinski definition) is 3. The van der Waals surface area contributed by atoms with Crippen molar-refractivity contribution in [3.63, 3.8) is 0 Å². The van der Waals surface area contributed by atoms with Gasteiger partial charge in [-0.05, 0) is 38.4 Å². The molecule has 0 aromatic heterocycles. The van der Waals surface area contributed by atoms with Gasteiger partial charge >= 0.3 is 0 Å². The summed E-state index contributed by atoms with van der Waals surface area (Å²) in [6, 6.07) is 6.50. The zero-order valence-corrected chi connectivity index (χ0v) is 13.6. The van der Waals surface area contributed by atoms with Crippen LogP contribution in [0.3, 0.4) is 0 Å². The van der Waals surface area contributed by atoms with Crippen LogP contribution < -0.4 is 15.4 Å². The second kappa shape index (κ2) is 7.71. The molecule has 0 aliphatic carbocycles. The SMILES string of the molecule is Cc1ccc(S(=O)(=O)NCCNC(=O)C2CCCCN2)cc1. The zero-order valence-electron chi connectivity index (χ0n) is 12.8. The Hall–Kier alpha value is -1.44. The van der Waals surface area contributed by atoms with Gasteiger partial charge in [0, 0.05) is 13.1 Å². The van der Waals surface area contributed by atoms with Crippen molar-refractivity contribution in [3.05, 3.63) is 29.8 Å². The molecule has 122 valence electrons. The Bertz CT molecular complexity index is 593. The van der Waals surface area contributed by atoms with E-state index in [2.05, 4.69) is 15.4 Å². The van der Waals surface area contributed by atoms with Gasteiger partial charge in [0.05, 0.1) is 10.9 Å². The first-order valence-corrected chi connectivity index (χ1v) is 9.05. The first kappa shape index (κ1) is 16.9. The van der Waals surface area contributed by atoms with Crippen molar-refractivity contribution >= 4 is 15.9 Å². The van der Waals surface area contributed by atoms with E-state index in [1.807, 2.05) is 6.92 Å². The molecule has 1 fully saturated rings. The Balaban J connectivity index is 1.75. The van der Waals surface area contributed by atoms with Crippen LogP contribution in [0.2, 0.25) is 0 Å². The van der Waals surface area contributed by atoms with E-state index in [0.717, 1.165) is 31.4 Å². The van der Waals surface area contributed by atoms with Crippen LogP contribution in [0, 0.1) is 6.92 Å². The molecule has 0 radical (unpaired) electrons. The van der Waals surface area contributed by atoms with E-state index < -0.39 is 10.0 Å². The molecule has 1 aromatic carbocycles. The van der Waals surface area contributed by atoms with E-state index >= 15 is 0 Å². The quantitative estimate of drug-likeness (QED) is 0.666. The number of carbonyl (C=O) groups is 1. The second-order valence-electron chi connectivity index (χ2n) is 5.50. The van der Waals surface area contributed by atoms with E-state index in [1.54, 1.807) is 24.3 Å². The Morgan fingerprint density at radius 1 is 1.23 bits per heavy atom. The minimum atomic E-state index is -3.52. The van der Waals surface area contributed by atoms with Crippen LogP contribution in [0.1, 0.15) is 24.8 Å². The fourth-order valence-corrected chi connectivity index (χ4v) is 3.40. The molecule has 1 aliphatic rings. The first-order valence-electron chi connectivity index (χ1n) is 7.56. The van der Waals surface area contributed by atoms with Crippen LogP contribution in [-0.4, -0.2) is 40.0 Å². The topological polar surface area (TPSA) is 87.3 Å². The van der Waals surface area contributed by atoms with Crippen LogP contribution in [0.5, 0.6) is 0 Å². The van der Waals surface area contributed by atoms with Gasteiger partial charge in [-0.1, -0.05) is 24.1 Å². The van der Waals surface area contributed by atoms with Crippen LogP contribution in [0.25, 0.3) is 0 Å². The van der Waals surface area contributed by atoms with Crippen molar-refractivity contribution in [2.75, 3.05) is 19.6 Å². The number of piperidine rings is 1.